The van der Waals surface area contributed by atoms with Gasteiger partial charge in [-0.3, -0.25) is 0 Å². The van der Waals surface area contributed by atoms with E-state index in [0.717, 1.165) is 12.4 Å². The molecule has 0 spiro atoms. The van der Waals surface area contributed by atoms with Gasteiger partial charge in [0, 0.05) is 0 Å². The molecule has 0 fully saturated rings. The Kier molecular flexibility index (Phi) is 3.91. The maximum Gasteiger partial charge on any atom is 0.119 e. The fourth-order valence-electron chi connectivity index (χ4n) is 1.87. The molecule has 1 rings (SSSR count). The van der Waals surface area contributed by atoms with Gasteiger partial charge in [0.15, 0.2) is 0 Å². The van der Waals surface area contributed by atoms with Crippen LogP contribution in [0.1, 0.15) is 52.7 Å². The Morgan fingerprint density at radius 2 is 1.59 bits per heavy atom. The molecule has 1 aromatic rings. The topological polar surface area (TPSA) is 9.23 Å². The van der Waals surface area contributed by atoms with Crippen LogP contribution in [0.25, 0.3) is 0 Å². The molecule has 0 amide bonds. The van der Waals surface area contributed by atoms with Crippen molar-refractivity contribution in [3.05, 3.63) is 29.3 Å². The highest BCUT2D eigenvalue weighted by Gasteiger charge is 2.17. The van der Waals surface area contributed by atoms with Crippen molar-refractivity contribution in [3.63, 3.8) is 0 Å². The van der Waals surface area contributed by atoms with E-state index in [1.165, 1.54) is 11.1 Å². The quantitative estimate of drug-likeness (QED) is 0.719. The fourth-order valence-corrected chi connectivity index (χ4v) is 1.87. The average molecular weight is 234 g/mol. The number of ether oxygens (including phenoxy) is 1. The second-order valence-corrected chi connectivity index (χ2v) is 7.08. The minimum absolute atomic E-state index is 0.201. The lowest BCUT2D eigenvalue weighted by Crippen LogP contribution is -2.17. The molecule has 0 saturated heterocycles. The summed E-state index contributed by atoms with van der Waals surface area (Å²) >= 11 is 0. The first kappa shape index (κ1) is 14.1. The van der Waals surface area contributed by atoms with Crippen LogP contribution in [0.4, 0.5) is 0 Å². The highest BCUT2D eigenvalue weighted by molar-refractivity contribution is 5.38. The summed E-state index contributed by atoms with van der Waals surface area (Å²) in [5.41, 5.74) is 3.10. The zero-order valence-corrected chi connectivity index (χ0v) is 12.3. The van der Waals surface area contributed by atoms with E-state index in [-0.39, 0.29) is 10.8 Å². The van der Waals surface area contributed by atoms with Gasteiger partial charge in [-0.1, -0.05) is 47.6 Å². The second kappa shape index (κ2) is 4.72. The van der Waals surface area contributed by atoms with E-state index in [0.29, 0.717) is 0 Å². The highest BCUT2D eigenvalue weighted by Crippen LogP contribution is 2.28. The predicted molar refractivity (Wildman–Crippen MR) is 74.8 cm³/mol. The molecule has 0 aliphatic heterocycles. The van der Waals surface area contributed by atoms with Crippen molar-refractivity contribution < 1.29 is 4.74 Å². The molecular formula is C16H26O. The van der Waals surface area contributed by atoms with E-state index in [4.69, 9.17) is 4.74 Å². The van der Waals surface area contributed by atoms with Crippen molar-refractivity contribution in [3.8, 4) is 5.75 Å². The minimum atomic E-state index is 0.201. The van der Waals surface area contributed by atoms with E-state index < -0.39 is 0 Å². The van der Waals surface area contributed by atoms with Gasteiger partial charge in [0.1, 0.15) is 5.75 Å². The van der Waals surface area contributed by atoms with Crippen molar-refractivity contribution in [2.24, 2.45) is 5.41 Å². The summed E-state index contributed by atoms with van der Waals surface area (Å²) in [5, 5.41) is 0. The Hall–Kier alpha value is -0.980. The Morgan fingerprint density at radius 1 is 1.00 bits per heavy atom. The molecule has 0 aliphatic rings. The summed E-state index contributed by atoms with van der Waals surface area (Å²) in [6.07, 6.45) is 0. The summed E-state index contributed by atoms with van der Waals surface area (Å²) < 4.78 is 5.82. The van der Waals surface area contributed by atoms with Crippen molar-refractivity contribution in [2.45, 2.75) is 53.9 Å². The van der Waals surface area contributed by atoms with Crippen LogP contribution in [0.5, 0.6) is 5.75 Å². The molecular weight excluding hydrogens is 208 g/mol. The third-order valence-corrected chi connectivity index (χ3v) is 2.68. The van der Waals surface area contributed by atoms with Crippen LogP contribution in [0.2, 0.25) is 0 Å². The third-order valence-electron chi connectivity index (χ3n) is 2.68. The van der Waals surface area contributed by atoms with Gasteiger partial charge >= 0.3 is 0 Å². The van der Waals surface area contributed by atoms with Gasteiger partial charge in [0.2, 0.25) is 0 Å². The molecule has 0 N–H and O–H groups in total. The maximum atomic E-state index is 5.82. The number of aryl methyl sites for hydroxylation is 1. The average Bonchev–Trinajstić information content (AvgIpc) is 2.11. The normalized spacial score (nSPS) is 12.6. The van der Waals surface area contributed by atoms with Crippen LogP contribution in [0.15, 0.2) is 18.2 Å². The lowest BCUT2D eigenvalue weighted by atomic mass is 9.84. The molecule has 1 heteroatoms. The molecule has 1 aromatic carbocycles. The standard InChI is InChI=1S/C16H26O/c1-12-10-13(17-11-15(2,3)4)8-9-14(12)16(5,6)7/h8-10H,11H2,1-7H3. The van der Waals surface area contributed by atoms with Gasteiger partial charge in [-0.05, 0) is 41.0 Å². The summed E-state index contributed by atoms with van der Waals surface area (Å²) in [6.45, 7) is 16.2. The highest BCUT2D eigenvalue weighted by atomic mass is 16.5. The van der Waals surface area contributed by atoms with Gasteiger partial charge in [-0.25, -0.2) is 0 Å². The first-order valence-electron chi connectivity index (χ1n) is 6.33. The zero-order valence-electron chi connectivity index (χ0n) is 12.3. The van der Waals surface area contributed by atoms with Crippen molar-refractivity contribution >= 4 is 0 Å². The predicted octanol–water partition coefficient (Wildman–Crippen LogP) is 4.72. The second-order valence-electron chi connectivity index (χ2n) is 7.08. The summed E-state index contributed by atoms with van der Waals surface area (Å²) in [5.74, 6) is 0.977. The van der Waals surface area contributed by atoms with E-state index in [1.807, 2.05) is 0 Å². The number of hydrogen-bond acceptors (Lipinski definition) is 1. The van der Waals surface area contributed by atoms with Gasteiger partial charge in [0.05, 0.1) is 6.61 Å². The van der Waals surface area contributed by atoms with Crippen molar-refractivity contribution in [2.75, 3.05) is 6.61 Å². The molecule has 17 heavy (non-hydrogen) atoms. The number of rotatable bonds is 2. The maximum absolute atomic E-state index is 5.82. The lowest BCUT2D eigenvalue weighted by molar-refractivity contribution is 0.197. The molecule has 0 radical (unpaired) electrons. The first-order valence-corrected chi connectivity index (χ1v) is 6.33. The molecule has 1 nitrogen and oxygen atoms in total. The Balaban J connectivity index is 2.83. The summed E-state index contributed by atoms with van der Waals surface area (Å²) in [6, 6.07) is 6.42. The molecule has 0 saturated carbocycles. The smallest absolute Gasteiger partial charge is 0.119 e. The molecule has 0 unspecified atom stereocenters. The minimum Gasteiger partial charge on any atom is -0.493 e. The van der Waals surface area contributed by atoms with Crippen LogP contribution in [-0.2, 0) is 5.41 Å². The van der Waals surface area contributed by atoms with Crippen LogP contribution >= 0.6 is 0 Å². The zero-order chi connectivity index (χ0) is 13.3. The molecule has 0 atom stereocenters. The van der Waals surface area contributed by atoms with Crippen LogP contribution in [0, 0.1) is 12.3 Å². The SMILES string of the molecule is Cc1cc(OCC(C)(C)C)ccc1C(C)(C)C. The van der Waals surface area contributed by atoms with Gasteiger partial charge in [0.25, 0.3) is 0 Å². The Bertz CT molecular complexity index is 377. The van der Waals surface area contributed by atoms with E-state index in [2.05, 4.69) is 66.7 Å². The van der Waals surface area contributed by atoms with Gasteiger partial charge in [-0.2, -0.15) is 0 Å². The summed E-state index contributed by atoms with van der Waals surface area (Å²) in [4.78, 5) is 0. The lowest BCUT2D eigenvalue weighted by Gasteiger charge is -2.23. The number of hydrogen-bond donors (Lipinski definition) is 0. The number of benzene rings is 1. The Labute approximate surface area is 106 Å². The molecule has 0 aromatic heterocycles. The first-order chi connectivity index (χ1) is 7.59. The summed E-state index contributed by atoms with van der Waals surface area (Å²) in [7, 11) is 0. The molecule has 0 aliphatic carbocycles. The Morgan fingerprint density at radius 3 is 2.00 bits per heavy atom. The van der Waals surface area contributed by atoms with Crippen LogP contribution in [-0.4, -0.2) is 6.61 Å². The van der Waals surface area contributed by atoms with Gasteiger partial charge in [-0.15, -0.1) is 0 Å². The van der Waals surface area contributed by atoms with E-state index in [9.17, 15) is 0 Å². The molecule has 0 heterocycles. The van der Waals surface area contributed by atoms with Crippen molar-refractivity contribution in [1.29, 1.82) is 0 Å². The van der Waals surface area contributed by atoms with Crippen LogP contribution < -0.4 is 4.74 Å². The molecule has 96 valence electrons. The molecule has 0 bridgehead atoms. The monoisotopic (exact) mass is 234 g/mol. The van der Waals surface area contributed by atoms with E-state index in [1.54, 1.807) is 0 Å². The largest absolute Gasteiger partial charge is 0.493 e. The van der Waals surface area contributed by atoms with E-state index >= 15 is 0 Å². The van der Waals surface area contributed by atoms with Crippen LogP contribution in [0.3, 0.4) is 0 Å². The third kappa shape index (κ3) is 4.41. The fraction of sp³-hybridized carbons (Fsp3) is 0.625. The van der Waals surface area contributed by atoms with Crippen molar-refractivity contribution in [1.82, 2.24) is 0 Å². The van der Waals surface area contributed by atoms with Gasteiger partial charge < -0.3 is 4.74 Å².